The van der Waals surface area contributed by atoms with E-state index in [1.54, 1.807) is 13.1 Å². The lowest BCUT2D eigenvalue weighted by Crippen LogP contribution is -2.35. The molecule has 6 nitrogen and oxygen atoms in total. The Morgan fingerprint density at radius 2 is 2.19 bits per heavy atom. The maximum Gasteiger partial charge on any atom is 0.325 e. The number of carbonyl (C=O) groups excluding carboxylic acids is 1. The van der Waals surface area contributed by atoms with E-state index < -0.39 is 0 Å². The topological polar surface area (TPSA) is 59.4 Å². The molecule has 1 saturated heterocycles. The van der Waals surface area contributed by atoms with Crippen LogP contribution < -0.4 is 5.32 Å². The molecule has 2 atom stereocenters. The van der Waals surface area contributed by atoms with Gasteiger partial charge in [0.25, 0.3) is 0 Å². The zero-order chi connectivity index (χ0) is 18.7. The number of esters is 1. The highest BCUT2D eigenvalue weighted by Crippen LogP contribution is 2.38. The average molecular weight is 372 g/mol. The minimum absolute atomic E-state index is 0.112. The quantitative estimate of drug-likeness (QED) is 0.621. The summed E-state index contributed by atoms with van der Waals surface area (Å²) in [6.07, 6.45) is 5.93. The van der Waals surface area contributed by atoms with Crippen LogP contribution in [0.2, 0.25) is 0 Å². The van der Waals surface area contributed by atoms with Crippen LogP contribution in [0.3, 0.4) is 0 Å². The molecule has 0 amide bonds. The van der Waals surface area contributed by atoms with Crippen molar-refractivity contribution in [1.82, 2.24) is 19.8 Å². The fourth-order valence-corrected chi connectivity index (χ4v) is 3.52. The molecule has 26 heavy (non-hydrogen) atoms. The van der Waals surface area contributed by atoms with Crippen molar-refractivity contribution in [2.75, 3.05) is 13.2 Å². The van der Waals surface area contributed by atoms with Gasteiger partial charge in [0.15, 0.2) is 5.11 Å². The van der Waals surface area contributed by atoms with Gasteiger partial charge in [0.2, 0.25) is 0 Å². The summed E-state index contributed by atoms with van der Waals surface area (Å²) in [5.74, 6) is -0.286. The van der Waals surface area contributed by atoms with Gasteiger partial charge < -0.3 is 19.5 Å². The van der Waals surface area contributed by atoms with Gasteiger partial charge in [-0.3, -0.25) is 9.78 Å². The van der Waals surface area contributed by atoms with Crippen molar-refractivity contribution in [1.29, 1.82) is 0 Å². The lowest BCUT2D eigenvalue weighted by Gasteiger charge is -2.26. The molecule has 2 unspecified atom stereocenters. The first kappa shape index (κ1) is 18.4. The number of nitrogens with one attached hydrogen (secondary N) is 1. The van der Waals surface area contributed by atoms with Crippen molar-refractivity contribution >= 4 is 23.3 Å². The van der Waals surface area contributed by atoms with E-state index in [0.29, 0.717) is 17.8 Å². The Kier molecular flexibility index (Phi) is 5.56. The predicted octanol–water partition coefficient (Wildman–Crippen LogP) is 3.00. The largest absolute Gasteiger partial charge is 0.465 e. The molecule has 3 rings (SSSR count). The maximum atomic E-state index is 12.1. The SMILES string of the molecule is CCOC(=O)CN1C(=S)NC(c2ccccn2)C1c1ccn(C(C)C)c1. The zero-order valence-corrected chi connectivity index (χ0v) is 16.1. The van der Waals surface area contributed by atoms with Crippen molar-refractivity contribution in [2.24, 2.45) is 0 Å². The summed E-state index contributed by atoms with van der Waals surface area (Å²) in [7, 11) is 0. The molecule has 138 valence electrons. The molecule has 1 fully saturated rings. The van der Waals surface area contributed by atoms with Crippen LogP contribution >= 0.6 is 12.2 Å². The first-order chi connectivity index (χ1) is 12.5. The molecular weight excluding hydrogens is 348 g/mol. The number of aromatic nitrogens is 2. The number of ether oxygens (including phenoxy) is 1. The van der Waals surface area contributed by atoms with Crippen molar-refractivity contribution in [3.63, 3.8) is 0 Å². The molecule has 0 spiro atoms. The number of hydrogen-bond donors (Lipinski definition) is 1. The minimum Gasteiger partial charge on any atom is -0.465 e. The fraction of sp³-hybridized carbons (Fsp3) is 0.421. The van der Waals surface area contributed by atoms with Gasteiger partial charge in [-0.15, -0.1) is 0 Å². The Morgan fingerprint density at radius 3 is 2.81 bits per heavy atom. The van der Waals surface area contributed by atoms with Gasteiger partial charge >= 0.3 is 5.97 Å². The summed E-state index contributed by atoms with van der Waals surface area (Å²) in [5, 5.41) is 3.87. The van der Waals surface area contributed by atoms with Gasteiger partial charge in [0.1, 0.15) is 6.54 Å². The average Bonchev–Trinajstić information content (AvgIpc) is 3.22. The van der Waals surface area contributed by atoms with E-state index in [-0.39, 0.29) is 24.6 Å². The van der Waals surface area contributed by atoms with Crippen molar-refractivity contribution < 1.29 is 9.53 Å². The van der Waals surface area contributed by atoms with E-state index >= 15 is 0 Å². The standard InChI is InChI=1S/C19H24N4O2S/c1-4-25-16(24)12-23-18(14-8-10-22(11-14)13(2)3)17(21-19(23)26)15-7-5-6-9-20-15/h5-11,13,17-18H,4,12H2,1-3H3,(H,21,26). The van der Waals surface area contributed by atoms with E-state index in [9.17, 15) is 4.79 Å². The first-order valence-electron chi connectivity index (χ1n) is 8.82. The second-order valence-electron chi connectivity index (χ2n) is 6.55. The third-order valence-corrected chi connectivity index (χ3v) is 4.83. The number of carbonyl (C=O) groups is 1. The highest BCUT2D eigenvalue weighted by Gasteiger charge is 2.41. The predicted molar refractivity (Wildman–Crippen MR) is 104 cm³/mol. The number of rotatable bonds is 6. The minimum atomic E-state index is -0.286. The van der Waals surface area contributed by atoms with Crippen molar-refractivity contribution in [3.8, 4) is 0 Å². The molecule has 0 saturated carbocycles. The molecule has 1 N–H and O–H groups in total. The van der Waals surface area contributed by atoms with Crippen molar-refractivity contribution in [3.05, 3.63) is 54.1 Å². The summed E-state index contributed by atoms with van der Waals surface area (Å²) in [6.45, 7) is 6.53. The van der Waals surface area contributed by atoms with Gasteiger partial charge in [-0.25, -0.2) is 0 Å². The molecule has 1 aliphatic rings. The smallest absolute Gasteiger partial charge is 0.325 e. The highest BCUT2D eigenvalue weighted by atomic mass is 32.1. The summed E-state index contributed by atoms with van der Waals surface area (Å²) >= 11 is 5.53. The van der Waals surface area contributed by atoms with Gasteiger partial charge in [-0.2, -0.15) is 0 Å². The Morgan fingerprint density at radius 1 is 1.38 bits per heavy atom. The van der Waals surface area contributed by atoms with Crippen LogP contribution in [0.15, 0.2) is 42.9 Å². The van der Waals surface area contributed by atoms with Crippen LogP contribution in [-0.4, -0.2) is 38.7 Å². The van der Waals surface area contributed by atoms with Crippen LogP contribution in [0, 0.1) is 0 Å². The van der Waals surface area contributed by atoms with Crippen LogP contribution in [0.25, 0.3) is 0 Å². The van der Waals surface area contributed by atoms with E-state index in [0.717, 1.165) is 11.3 Å². The van der Waals surface area contributed by atoms with Gasteiger partial charge in [-0.1, -0.05) is 6.07 Å². The molecule has 7 heteroatoms. The van der Waals surface area contributed by atoms with Gasteiger partial charge in [0, 0.05) is 24.6 Å². The first-order valence-corrected chi connectivity index (χ1v) is 9.23. The van der Waals surface area contributed by atoms with E-state index in [4.69, 9.17) is 17.0 Å². The molecule has 2 aromatic rings. The second-order valence-corrected chi connectivity index (χ2v) is 6.93. The van der Waals surface area contributed by atoms with Crippen LogP contribution in [0.4, 0.5) is 0 Å². The van der Waals surface area contributed by atoms with Crippen molar-refractivity contribution in [2.45, 2.75) is 38.9 Å². The summed E-state index contributed by atoms with van der Waals surface area (Å²) in [4.78, 5) is 18.5. The molecule has 3 heterocycles. The molecule has 0 radical (unpaired) electrons. The molecule has 2 aromatic heterocycles. The maximum absolute atomic E-state index is 12.1. The number of thiocarbonyl (C=S) groups is 1. The number of hydrogen-bond acceptors (Lipinski definition) is 4. The lowest BCUT2D eigenvalue weighted by atomic mass is 9.99. The van der Waals surface area contributed by atoms with Gasteiger partial charge in [-0.05, 0) is 56.8 Å². The van der Waals surface area contributed by atoms with E-state index in [1.165, 1.54) is 0 Å². The zero-order valence-electron chi connectivity index (χ0n) is 15.3. The second kappa shape index (κ2) is 7.86. The summed E-state index contributed by atoms with van der Waals surface area (Å²) in [5.41, 5.74) is 1.98. The van der Waals surface area contributed by atoms with E-state index in [1.807, 2.05) is 23.1 Å². The normalized spacial score (nSPS) is 19.7. The Balaban J connectivity index is 1.96. The fourth-order valence-electron chi connectivity index (χ4n) is 3.21. The van der Waals surface area contributed by atoms with Crippen LogP contribution in [0.1, 0.15) is 50.2 Å². The summed E-state index contributed by atoms with van der Waals surface area (Å²) in [6, 6.07) is 8.00. The molecule has 0 aromatic carbocycles. The Labute approximate surface area is 159 Å². The van der Waals surface area contributed by atoms with Crippen LogP contribution in [0.5, 0.6) is 0 Å². The molecular formula is C19H24N4O2S. The lowest BCUT2D eigenvalue weighted by molar-refractivity contribution is -0.143. The number of nitrogens with zero attached hydrogens (tertiary/aromatic N) is 3. The van der Waals surface area contributed by atoms with E-state index in [2.05, 4.69) is 47.2 Å². The summed E-state index contributed by atoms with van der Waals surface area (Å²) < 4.78 is 7.28. The Hall–Kier alpha value is -2.41. The van der Waals surface area contributed by atoms with Gasteiger partial charge in [0.05, 0.1) is 24.4 Å². The monoisotopic (exact) mass is 372 g/mol. The third-order valence-electron chi connectivity index (χ3n) is 4.48. The molecule has 1 aliphatic heterocycles. The Bertz CT molecular complexity index is 775. The highest BCUT2D eigenvalue weighted by molar-refractivity contribution is 7.80. The molecule has 0 bridgehead atoms. The third kappa shape index (κ3) is 3.72. The molecule has 0 aliphatic carbocycles. The van der Waals surface area contributed by atoms with Crippen LogP contribution in [-0.2, 0) is 9.53 Å². The number of pyridine rings is 1.